The number of aryl methyl sites for hydroxylation is 1. The highest BCUT2D eigenvalue weighted by atomic mass is 32.1. The fraction of sp³-hybridized carbons (Fsp3) is 0.471. The van der Waals surface area contributed by atoms with Crippen LogP contribution in [0.2, 0.25) is 0 Å². The van der Waals surface area contributed by atoms with Crippen molar-refractivity contribution in [3.05, 3.63) is 41.2 Å². The largest absolute Gasteiger partial charge is 0.487 e. The van der Waals surface area contributed by atoms with Gasteiger partial charge in [0.2, 0.25) is 0 Å². The lowest BCUT2D eigenvalue weighted by Crippen LogP contribution is -2.33. The van der Waals surface area contributed by atoms with E-state index < -0.39 is 0 Å². The van der Waals surface area contributed by atoms with Gasteiger partial charge in [-0.2, -0.15) is 8.75 Å². The first-order valence-electron chi connectivity index (χ1n) is 8.24. The van der Waals surface area contributed by atoms with Crippen molar-refractivity contribution in [1.82, 2.24) is 19.0 Å². The van der Waals surface area contributed by atoms with Crippen LogP contribution in [0.5, 0.6) is 5.75 Å². The van der Waals surface area contributed by atoms with Crippen molar-refractivity contribution >= 4 is 17.6 Å². The number of likely N-dealkylation sites (tertiary alicyclic amines) is 1. The molecule has 7 heteroatoms. The van der Waals surface area contributed by atoms with Crippen molar-refractivity contribution in [3.8, 4) is 5.75 Å². The van der Waals surface area contributed by atoms with Crippen LogP contribution in [0.25, 0.3) is 0 Å². The molecule has 0 radical (unpaired) electrons. The molecule has 1 aromatic carbocycles. The second-order valence-corrected chi connectivity index (χ2v) is 6.44. The average Bonchev–Trinajstić information content (AvgIpc) is 3.25. The third-order valence-corrected chi connectivity index (χ3v) is 4.81. The molecule has 2 aromatic rings. The number of rotatable bonds is 7. The minimum absolute atomic E-state index is 0.0414. The van der Waals surface area contributed by atoms with Crippen molar-refractivity contribution in [2.24, 2.45) is 0 Å². The van der Waals surface area contributed by atoms with E-state index in [1.54, 1.807) is 12.1 Å². The molecule has 1 aliphatic heterocycles. The Morgan fingerprint density at radius 2 is 2.00 bits per heavy atom. The van der Waals surface area contributed by atoms with Gasteiger partial charge in [-0.1, -0.05) is 0 Å². The predicted octanol–water partition coefficient (Wildman–Crippen LogP) is 2.25. The monoisotopic (exact) mass is 346 g/mol. The van der Waals surface area contributed by atoms with E-state index in [9.17, 15) is 4.79 Å². The molecule has 3 rings (SSSR count). The highest BCUT2D eigenvalue weighted by Gasteiger charge is 2.12. The smallest absolute Gasteiger partial charge is 0.251 e. The normalized spacial score (nSPS) is 14.7. The van der Waals surface area contributed by atoms with E-state index in [-0.39, 0.29) is 5.91 Å². The van der Waals surface area contributed by atoms with Gasteiger partial charge in [0.1, 0.15) is 18.1 Å². The van der Waals surface area contributed by atoms with Gasteiger partial charge in [0.25, 0.3) is 5.91 Å². The molecule has 6 nitrogen and oxygen atoms in total. The number of hydrogen-bond acceptors (Lipinski definition) is 6. The fourth-order valence-electron chi connectivity index (χ4n) is 2.67. The van der Waals surface area contributed by atoms with E-state index in [0.717, 1.165) is 36.8 Å². The second kappa shape index (κ2) is 8.21. The van der Waals surface area contributed by atoms with Crippen LogP contribution in [0, 0.1) is 6.92 Å². The van der Waals surface area contributed by atoms with E-state index in [2.05, 4.69) is 19.0 Å². The Hall–Kier alpha value is -1.99. The van der Waals surface area contributed by atoms with Gasteiger partial charge in [0, 0.05) is 18.7 Å². The van der Waals surface area contributed by atoms with Crippen LogP contribution < -0.4 is 10.1 Å². The minimum Gasteiger partial charge on any atom is -0.487 e. The quantitative estimate of drug-likeness (QED) is 0.833. The third kappa shape index (κ3) is 4.52. The Labute approximate surface area is 146 Å². The summed E-state index contributed by atoms with van der Waals surface area (Å²) in [6.45, 7) is 6.22. The van der Waals surface area contributed by atoms with Crippen LogP contribution in [0.15, 0.2) is 24.3 Å². The molecule has 0 aliphatic carbocycles. The Morgan fingerprint density at radius 3 is 2.67 bits per heavy atom. The number of aromatic nitrogens is 2. The van der Waals surface area contributed by atoms with Crippen molar-refractivity contribution in [2.45, 2.75) is 26.4 Å². The summed E-state index contributed by atoms with van der Waals surface area (Å²) in [4.78, 5) is 14.5. The molecule has 24 heavy (non-hydrogen) atoms. The topological polar surface area (TPSA) is 67.3 Å². The van der Waals surface area contributed by atoms with Gasteiger partial charge >= 0.3 is 0 Å². The van der Waals surface area contributed by atoms with Crippen molar-refractivity contribution in [1.29, 1.82) is 0 Å². The Bertz CT molecular complexity index is 665. The van der Waals surface area contributed by atoms with E-state index in [4.69, 9.17) is 4.74 Å². The number of hydrogen-bond donors (Lipinski definition) is 1. The fourth-order valence-corrected chi connectivity index (χ4v) is 3.22. The SMILES string of the molecule is Cc1nsnc1COc1ccc(C(=O)NCCN2CCCC2)cc1. The lowest BCUT2D eigenvalue weighted by atomic mass is 10.2. The van der Waals surface area contributed by atoms with Crippen LogP contribution in [-0.4, -0.2) is 45.7 Å². The van der Waals surface area contributed by atoms with Gasteiger partial charge in [-0.05, 0) is 57.1 Å². The standard InChI is InChI=1S/C17H22N4O2S/c1-13-16(20-24-19-13)12-23-15-6-4-14(5-7-15)17(22)18-8-11-21-9-2-3-10-21/h4-7H,2-3,8-12H2,1H3,(H,18,22). The molecule has 1 aromatic heterocycles. The predicted molar refractivity (Wildman–Crippen MR) is 93.4 cm³/mol. The van der Waals surface area contributed by atoms with Crippen molar-refractivity contribution < 1.29 is 9.53 Å². The zero-order chi connectivity index (χ0) is 16.8. The van der Waals surface area contributed by atoms with Gasteiger partial charge in [0.05, 0.1) is 17.4 Å². The minimum atomic E-state index is -0.0414. The van der Waals surface area contributed by atoms with Crippen molar-refractivity contribution in [3.63, 3.8) is 0 Å². The Kier molecular flexibility index (Phi) is 5.77. The molecule has 1 fully saturated rings. The number of nitrogens with one attached hydrogen (secondary N) is 1. The zero-order valence-corrected chi connectivity index (χ0v) is 14.6. The lowest BCUT2D eigenvalue weighted by Gasteiger charge is -2.14. The van der Waals surface area contributed by atoms with E-state index in [0.29, 0.717) is 18.7 Å². The van der Waals surface area contributed by atoms with Crippen LogP contribution >= 0.6 is 11.7 Å². The number of benzene rings is 1. The maximum Gasteiger partial charge on any atom is 0.251 e. The molecule has 0 saturated carbocycles. The summed E-state index contributed by atoms with van der Waals surface area (Å²) in [5, 5.41) is 2.97. The molecule has 0 unspecified atom stereocenters. The summed E-state index contributed by atoms with van der Waals surface area (Å²) < 4.78 is 14.0. The number of ether oxygens (including phenoxy) is 1. The summed E-state index contributed by atoms with van der Waals surface area (Å²) in [5.74, 6) is 0.677. The van der Waals surface area contributed by atoms with Crippen molar-refractivity contribution in [2.75, 3.05) is 26.2 Å². The first-order valence-corrected chi connectivity index (χ1v) is 8.97. The summed E-state index contributed by atoms with van der Waals surface area (Å²) in [7, 11) is 0. The number of amides is 1. The zero-order valence-electron chi connectivity index (χ0n) is 13.8. The van der Waals surface area contributed by atoms with E-state index in [1.165, 1.54) is 24.6 Å². The van der Waals surface area contributed by atoms with Crippen LogP contribution in [0.4, 0.5) is 0 Å². The summed E-state index contributed by atoms with van der Waals surface area (Å²) in [6.07, 6.45) is 2.54. The molecule has 1 saturated heterocycles. The number of carbonyl (C=O) groups excluding carboxylic acids is 1. The van der Waals surface area contributed by atoms with Gasteiger partial charge < -0.3 is 15.0 Å². The molecular formula is C17H22N4O2S. The lowest BCUT2D eigenvalue weighted by molar-refractivity contribution is 0.0949. The highest BCUT2D eigenvalue weighted by molar-refractivity contribution is 6.99. The maximum atomic E-state index is 12.1. The van der Waals surface area contributed by atoms with E-state index in [1.807, 2.05) is 19.1 Å². The first kappa shape index (κ1) is 16.9. The molecule has 128 valence electrons. The van der Waals surface area contributed by atoms with Crippen LogP contribution in [0.3, 0.4) is 0 Å². The highest BCUT2D eigenvalue weighted by Crippen LogP contribution is 2.15. The average molecular weight is 346 g/mol. The molecular weight excluding hydrogens is 324 g/mol. The maximum absolute atomic E-state index is 12.1. The molecule has 1 aliphatic rings. The molecule has 0 spiro atoms. The molecule has 2 heterocycles. The van der Waals surface area contributed by atoms with Gasteiger partial charge in [-0.25, -0.2) is 0 Å². The first-order chi connectivity index (χ1) is 11.7. The van der Waals surface area contributed by atoms with Crippen LogP contribution in [0.1, 0.15) is 34.6 Å². The summed E-state index contributed by atoms with van der Waals surface area (Å²) >= 11 is 1.19. The molecule has 1 amide bonds. The summed E-state index contributed by atoms with van der Waals surface area (Å²) in [5.41, 5.74) is 2.40. The van der Waals surface area contributed by atoms with Gasteiger partial charge in [0.15, 0.2) is 0 Å². The molecule has 1 N–H and O–H groups in total. The summed E-state index contributed by atoms with van der Waals surface area (Å²) in [6, 6.07) is 7.19. The van der Waals surface area contributed by atoms with Gasteiger partial charge in [-0.15, -0.1) is 0 Å². The third-order valence-electron chi connectivity index (χ3n) is 4.15. The van der Waals surface area contributed by atoms with Crippen LogP contribution in [-0.2, 0) is 6.61 Å². The molecule has 0 atom stereocenters. The number of carbonyl (C=O) groups is 1. The Morgan fingerprint density at radius 1 is 1.25 bits per heavy atom. The number of nitrogens with zero attached hydrogens (tertiary/aromatic N) is 3. The van der Waals surface area contributed by atoms with E-state index >= 15 is 0 Å². The Balaban J connectivity index is 1.44. The van der Waals surface area contributed by atoms with Gasteiger partial charge in [-0.3, -0.25) is 4.79 Å². The second-order valence-electron chi connectivity index (χ2n) is 5.91. The molecule has 0 bridgehead atoms.